The van der Waals surface area contributed by atoms with Crippen molar-refractivity contribution in [1.29, 1.82) is 5.26 Å². The van der Waals surface area contributed by atoms with E-state index in [0.717, 1.165) is 11.1 Å². The van der Waals surface area contributed by atoms with Gasteiger partial charge in [-0.25, -0.2) is 0 Å². The Hall–Kier alpha value is -4.64. The van der Waals surface area contributed by atoms with E-state index in [0.29, 0.717) is 35.8 Å². The molecule has 0 aliphatic heterocycles. The van der Waals surface area contributed by atoms with Crippen LogP contribution in [0.4, 0.5) is 11.4 Å². The first-order chi connectivity index (χ1) is 16.8. The summed E-state index contributed by atoms with van der Waals surface area (Å²) in [7, 11) is 0. The Labute approximate surface area is 203 Å². The largest absolute Gasteiger partial charge is 0.490 e. The highest BCUT2D eigenvalue weighted by atomic mass is 16.6. The van der Waals surface area contributed by atoms with Gasteiger partial charge < -0.3 is 14.8 Å². The molecule has 3 rings (SSSR count). The maximum atomic E-state index is 12.7. The zero-order valence-corrected chi connectivity index (χ0v) is 19.7. The van der Waals surface area contributed by atoms with Crippen LogP contribution in [0.15, 0.2) is 66.2 Å². The standard InChI is InChI=1S/C27H25N3O5/c1-4-34-26-15-21(10-12-25(26)35-17-20-8-5-18(2)6-9-20)14-22(16-28)27(31)29-23-11-7-19(3)13-24(23)30(32)33/h5-15H,4,17H2,1-3H3,(H,29,31)/b22-14+. The van der Waals surface area contributed by atoms with Gasteiger partial charge in [0.15, 0.2) is 11.5 Å². The van der Waals surface area contributed by atoms with Crippen molar-refractivity contribution in [2.75, 3.05) is 11.9 Å². The second kappa shape index (κ2) is 11.5. The van der Waals surface area contributed by atoms with E-state index in [2.05, 4.69) is 5.32 Å². The van der Waals surface area contributed by atoms with E-state index in [1.54, 1.807) is 31.2 Å². The van der Waals surface area contributed by atoms with Crippen LogP contribution in [0.2, 0.25) is 0 Å². The molecule has 3 aromatic rings. The lowest BCUT2D eigenvalue weighted by atomic mass is 10.1. The number of carbonyl (C=O) groups is 1. The van der Waals surface area contributed by atoms with Crippen LogP contribution in [-0.2, 0) is 11.4 Å². The number of amides is 1. The molecule has 3 aromatic carbocycles. The van der Waals surface area contributed by atoms with Gasteiger partial charge in [0.2, 0.25) is 0 Å². The number of ether oxygens (including phenoxy) is 2. The van der Waals surface area contributed by atoms with Gasteiger partial charge in [-0.2, -0.15) is 5.26 Å². The van der Waals surface area contributed by atoms with Gasteiger partial charge in [-0.1, -0.05) is 42.0 Å². The smallest absolute Gasteiger partial charge is 0.293 e. The van der Waals surface area contributed by atoms with Gasteiger partial charge in [-0.15, -0.1) is 0 Å². The van der Waals surface area contributed by atoms with Gasteiger partial charge in [-0.05, 0) is 61.7 Å². The zero-order chi connectivity index (χ0) is 25.4. The number of nitro benzene ring substituents is 1. The fourth-order valence-electron chi connectivity index (χ4n) is 3.25. The molecule has 35 heavy (non-hydrogen) atoms. The Kier molecular flexibility index (Phi) is 8.20. The number of hydrogen-bond acceptors (Lipinski definition) is 6. The van der Waals surface area contributed by atoms with Crippen molar-refractivity contribution in [2.45, 2.75) is 27.4 Å². The minimum absolute atomic E-state index is 0.0154. The van der Waals surface area contributed by atoms with Crippen molar-refractivity contribution in [3.63, 3.8) is 0 Å². The van der Waals surface area contributed by atoms with Crippen LogP contribution in [0.5, 0.6) is 11.5 Å². The summed E-state index contributed by atoms with van der Waals surface area (Å²) in [6, 6.07) is 19.4. The highest BCUT2D eigenvalue weighted by molar-refractivity contribution is 6.10. The van der Waals surface area contributed by atoms with Gasteiger partial charge in [-0.3, -0.25) is 14.9 Å². The van der Waals surface area contributed by atoms with Gasteiger partial charge in [0, 0.05) is 6.07 Å². The lowest BCUT2D eigenvalue weighted by Gasteiger charge is -2.13. The van der Waals surface area contributed by atoms with Gasteiger partial charge in [0.25, 0.3) is 11.6 Å². The van der Waals surface area contributed by atoms with Crippen molar-refractivity contribution in [3.05, 3.63) is 98.6 Å². The first kappa shape index (κ1) is 25.0. The third-order valence-electron chi connectivity index (χ3n) is 5.06. The van der Waals surface area contributed by atoms with Crippen molar-refractivity contribution in [3.8, 4) is 17.6 Å². The van der Waals surface area contributed by atoms with E-state index < -0.39 is 10.8 Å². The second-order valence-corrected chi connectivity index (χ2v) is 7.82. The first-order valence-electron chi connectivity index (χ1n) is 10.9. The zero-order valence-electron chi connectivity index (χ0n) is 19.7. The van der Waals surface area contributed by atoms with E-state index >= 15 is 0 Å². The summed E-state index contributed by atoms with van der Waals surface area (Å²) in [5.74, 6) is 0.250. The summed E-state index contributed by atoms with van der Waals surface area (Å²) in [4.78, 5) is 23.4. The summed E-state index contributed by atoms with van der Waals surface area (Å²) < 4.78 is 11.6. The molecule has 178 valence electrons. The van der Waals surface area contributed by atoms with Gasteiger partial charge in [0.05, 0.1) is 11.5 Å². The number of rotatable bonds is 9. The van der Waals surface area contributed by atoms with Crippen molar-refractivity contribution < 1.29 is 19.2 Å². The molecule has 0 aromatic heterocycles. The third kappa shape index (κ3) is 6.68. The van der Waals surface area contributed by atoms with Crippen LogP contribution >= 0.6 is 0 Å². The fourth-order valence-corrected chi connectivity index (χ4v) is 3.25. The lowest BCUT2D eigenvalue weighted by Crippen LogP contribution is -2.14. The number of anilines is 1. The van der Waals surface area contributed by atoms with Crippen molar-refractivity contribution >= 4 is 23.4 Å². The summed E-state index contributed by atoms with van der Waals surface area (Å²) in [6.07, 6.45) is 1.39. The number of nitro groups is 1. The van der Waals surface area contributed by atoms with Crippen molar-refractivity contribution in [2.24, 2.45) is 0 Å². The first-order valence-corrected chi connectivity index (χ1v) is 10.9. The predicted octanol–water partition coefficient (Wildman–Crippen LogP) is 5.74. The Morgan fingerprint density at radius 3 is 2.40 bits per heavy atom. The quantitative estimate of drug-likeness (QED) is 0.184. The SMILES string of the molecule is CCOc1cc(/C=C(\C#N)C(=O)Nc2ccc(C)cc2[N+](=O)[O-])ccc1OCc1ccc(C)cc1. The molecule has 0 unspecified atom stereocenters. The molecule has 1 N–H and O–H groups in total. The minimum Gasteiger partial charge on any atom is -0.490 e. The molecule has 0 aliphatic carbocycles. The summed E-state index contributed by atoms with van der Waals surface area (Å²) in [6.45, 7) is 6.33. The average Bonchev–Trinajstić information content (AvgIpc) is 2.84. The molecule has 8 heteroatoms. The van der Waals surface area contributed by atoms with E-state index in [-0.39, 0.29) is 16.9 Å². The highest BCUT2D eigenvalue weighted by Crippen LogP contribution is 2.31. The van der Waals surface area contributed by atoms with Gasteiger partial charge >= 0.3 is 0 Å². The minimum atomic E-state index is -0.753. The topological polar surface area (TPSA) is 114 Å². The van der Waals surface area contributed by atoms with E-state index in [4.69, 9.17) is 9.47 Å². The van der Waals surface area contributed by atoms with Crippen molar-refractivity contribution in [1.82, 2.24) is 0 Å². The molecule has 0 saturated carbocycles. The summed E-state index contributed by atoms with van der Waals surface area (Å²) >= 11 is 0. The highest BCUT2D eigenvalue weighted by Gasteiger charge is 2.18. The van der Waals surface area contributed by atoms with Crippen LogP contribution in [0.3, 0.4) is 0 Å². The molecule has 1 amide bonds. The van der Waals surface area contributed by atoms with E-state index in [9.17, 15) is 20.2 Å². The third-order valence-corrected chi connectivity index (χ3v) is 5.06. The van der Waals surface area contributed by atoms with Crippen LogP contribution in [-0.4, -0.2) is 17.4 Å². The number of nitriles is 1. The molecule has 8 nitrogen and oxygen atoms in total. The van der Waals surface area contributed by atoms with Crippen LogP contribution in [0.25, 0.3) is 6.08 Å². The van der Waals surface area contributed by atoms with Crippen LogP contribution < -0.4 is 14.8 Å². The molecule has 0 heterocycles. The Balaban J connectivity index is 1.81. The number of benzene rings is 3. The number of carbonyl (C=O) groups excluding carboxylic acids is 1. The molecule has 0 aliphatic rings. The molecular formula is C27H25N3O5. The molecular weight excluding hydrogens is 446 g/mol. The predicted molar refractivity (Wildman–Crippen MR) is 133 cm³/mol. The molecule has 0 bridgehead atoms. The maximum Gasteiger partial charge on any atom is 0.293 e. The summed E-state index contributed by atoms with van der Waals surface area (Å²) in [5.41, 5.74) is 2.95. The monoisotopic (exact) mass is 471 g/mol. The molecule has 0 atom stereocenters. The Morgan fingerprint density at radius 1 is 1.03 bits per heavy atom. The molecule has 0 spiro atoms. The Bertz CT molecular complexity index is 1310. The van der Waals surface area contributed by atoms with Crippen LogP contribution in [0.1, 0.15) is 29.2 Å². The normalized spacial score (nSPS) is 10.9. The molecule has 0 radical (unpaired) electrons. The lowest BCUT2D eigenvalue weighted by molar-refractivity contribution is -0.384. The fraction of sp³-hybridized carbons (Fsp3) is 0.185. The summed E-state index contributed by atoms with van der Waals surface area (Å²) in [5, 5.41) is 23.3. The molecule has 0 saturated heterocycles. The number of nitrogens with zero attached hydrogens (tertiary/aromatic N) is 2. The second-order valence-electron chi connectivity index (χ2n) is 7.82. The van der Waals surface area contributed by atoms with Gasteiger partial charge in [0.1, 0.15) is 23.9 Å². The Morgan fingerprint density at radius 2 is 1.74 bits per heavy atom. The number of aryl methyl sites for hydroxylation is 2. The molecule has 0 fully saturated rings. The number of hydrogen-bond donors (Lipinski definition) is 1. The van der Waals surface area contributed by atoms with E-state index in [1.165, 1.54) is 18.2 Å². The van der Waals surface area contributed by atoms with E-state index in [1.807, 2.05) is 44.2 Å². The maximum absolute atomic E-state index is 12.7. The van der Waals surface area contributed by atoms with Crippen LogP contribution in [0, 0.1) is 35.3 Å². The average molecular weight is 472 g/mol. The number of nitrogens with one attached hydrogen (secondary N) is 1.